The van der Waals surface area contributed by atoms with Crippen molar-refractivity contribution < 1.29 is 14.3 Å². The molecule has 1 saturated heterocycles. The Morgan fingerprint density at radius 3 is 3.05 bits per heavy atom. The predicted molar refractivity (Wildman–Crippen MR) is 83.5 cm³/mol. The van der Waals surface area contributed by atoms with Gasteiger partial charge in [0.25, 0.3) is 0 Å². The summed E-state index contributed by atoms with van der Waals surface area (Å²) in [5.41, 5.74) is 7.86. The Morgan fingerprint density at radius 1 is 1.48 bits per heavy atom. The Labute approximate surface area is 125 Å². The molecule has 116 valence electrons. The summed E-state index contributed by atoms with van der Waals surface area (Å²) in [5, 5.41) is 3.28. The fourth-order valence-electron chi connectivity index (χ4n) is 2.45. The van der Waals surface area contributed by atoms with Crippen molar-refractivity contribution in [1.29, 1.82) is 0 Å². The number of nitrogens with two attached hydrogens (primary N) is 1. The molecule has 0 aliphatic carbocycles. The fourth-order valence-corrected chi connectivity index (χ4v) is 2.45. The van der Waals surface area contributed by atoms with Crippen molar-refractivity contribution in [2.24, 2.45) is 0 Å². The number of rotatable bonds is 6. The Morgan fingerprint density at radius 2 is 2.33 bits per heavy atom. The lowest BCUT2D eigenvalue weighted by atomic mass is 10.1. The van der Waals surface area contributed by atoms with Crippen LogP contribution in [-0.4, -0.2) is 31.8 Å². The van der Waals surface area contributed by atoms with Crippen LogP contribution in [0.2, 0.25) is 0 Å². The van der Waals surface area contributed by atoms with Crippen LogP contribution in [0.25, 0.3) is 0 Å². The monoisotopic (exact) mass is 292 g/mol. The molecular weight excluding hydrogens is 268 g/mol. The molecule has 0 spiro atoms. The average molecular weight is 292 g/mol. The molecule has 5 nitrogen and oxygen atoms in total. The van der Waals surface area contributed by atoms with Gasteiger partial charge in [0, 0.05) is 13.2 Å². The van der Waals surface area contributed by atoms with Gasteiger partial charge in [0.1, 0.15) is 0 Å². The number of hydrogen-bond donors (Lipinski definition) is 2. The van der Waals surface area contributed by atoms with E-state index in [-0.39, 0.29) is 5.97 Å². The second-order valence-corrected chi connectivity index (χ2v) is 5.23. The van der Waals surface area contributed by atoms with Crippen molar-refractivity contribution in [2.75, 3.05) is 30.8 Å². The van der Waals surface area contributed by atoms with Crippen molar-refractivity contribution in [1.82, 2.24) is 0 Å². The van der Waals surface area contributed by atoms with E-state index < -0.39 is 0 Å². The molecule has 5 heteroatoms. The van der Waals surface area contributed by atoms with Crippen molar-refractivity contribution in [3.8, 4) is 0 Å². The third-order valence-corrected chi connectivity index (χ3v) is 3.62. The third kappa shape index (κ3) is 4.63. The van der Waals surface area contributed by atoms with Crippen molar-refractivity contribution in [3.05, 3.63) is 23.8 Å². The van der Waals surface area contributed by atoms with Gasteiger partial charge in [0.15, 0.2) is 0 Å². The highest BCUT2D eigenvalue weighted by molar-refractivity contribution is 5.92. The third-order valence-electron chi connectivity index (χ3n) is 3.62. The maximum Gasteiger partial charge on any atom is 0.338 e. The number of nitrogens with one attached hydrogen (secondary N) is 1. The molecular formula is C16H24N2O3. The van der Waals surface area contributed by atoms with E-state index in [9.17, 15) is 4.79 Å². The second-order valence-electron chi connectivity index (χ2n) is 5.23. The normalized spacial score (nSPS) is 18.2. The molecule has 0 amide bonds. The summed E-state index contributed by atoms with van der Waals surface area (Å²) < 4.78 is 10.7. The molecule has 1 aromatic carbocycles. The summed E-state index contributed by atoms with van der Waals surface area (Å²) in [6.07, 6.45) is 4.81. The molecule has 1 aliphatic rings. The summed E-state index contributed by atoms with van der Waals surface area (Å²) in [6, 6.07) is 5.16. The largest absolute Gasteiger partial charge is 0.462 e. The topological polar surface area (TPSA) is 73.6 Å². The second kappa shape index (κ2) is 7.88. The molecule has 0 radical (unpaired) electrons. The van der Waals surface area contributed by atoms with E-state index in [2.05, 4.69) is 5.32 Å². The first-order chi connectivity index (χ1) is 10.2. The molecule has 0 saturated carbocycles. The summed E-state index contributed by atoms with van der Waals surface area (Å²) in [4.78, 5) is 11.7. The van der Waals surface area contributed by atoms with E-state index in [1.165, 1.54) is 12.8 Å². The number of benzene rings is 1. The van der Waals surface area contributed by atoms with E-state index in [1.807, 2.05) is 0 Å². The summed E-state index contributed by atoms with van der Waals surface area (Å²) in [7, 11) is 0. The number of carbonyl (C=O) groups is 1. The van der Waals surface area contributed by atoms with E-state index in [0.717, 1.165) is 31.7 Å². The van der Waals surface area contributed by atoms with Gasteiger partial charge in [0.05, 0.1) is 29.6 Å². The SMILES string of the molecule is CCOC(=O)c1ccc(N)c(NCCC2CCCCO2)c1. The van der Waals surface area contributed by atoms with Crippen LogP contribution in [0.4, 0.5) is 11.4 Å². The zero-order chi connectivity index (χ0) is 15.1. The highest BCUT2D eigenvalue weighted by Gasteiger charge is 2.14. The van der Waals surface area contributed by atoms with Crippen LogP contribution in [0, 0.1) is 0 Å². The van der Waals surface area contributed by atoms with Crippen LogP contribution >= 0.6 is 0 Å². The molecule has 1 atom stereocenters. The van der Waals surface area contributed by atoms with Gasteiger partial charge in [-0.15, -0.1) is 0 Å². The highest BCUT2D eigenvalue weighted by Crippen LogP contribution is 2.21. The zero-order valence-electron chi connectivity index (χ0n) is 12.6. The number of esters is 1. The minimum Gasteiger partial charge on any atom is -0.462 e. The summed E-state index contributed by atoms with van der Waals surface area (Å²) >= 11 is 0. The van der Waals surface area contributed by atoms with Crippen molar-refractivity contribution in [2.45, 2.75) is 38.7 Å². The van der Waals surface area contributed by atoms with Crippen LogP contribution in [0.15, 0.2) is 18.2 Å². The standard InChI is InChI=1S/C16H24N2O3/c1-2-20-16(19)12-6-7-14(17)15(11-12)18-9-8-13-5-3-4-10-21-13/h6-7,11,13,18H,2-5,8-10,17H2,1H3. The molecule has 1 aromatic rings. The van der Waals surface area contributed by atoms with Gasteiger partial charge in [0.2, 0.25) is 0 Å². The first-order valence-electron chi connectivity index (χ1n) is 7.63. The Kier molecular flexibility index (Phi) is 5.87. The first-order valence-corrected chi connectivity index (χ1v) is 7.63. The van der Waals surface area contributed by atoms with Gasteiger partial charge in [-0.3, -0.25) is 0 Å². The van der Waals surface area contributed by atoms with Crippen LogP contribution < -0.4 is 11.1 Å². The van der Waals surface area contributed by atoms with E-state index in [1.54, 1.807) is 25.1 Å². The number of carbonyl (C=O) groups excluding carboxylic acids is 1. The van der Waals surface area contributed by atoms with Gasteiger partial charge in [-0.25, -0.2) is 4.79 Å². The summed E-state index contributed by atoms with van der Waals surface area (Å²) in [5.74, 6) is -0.323. The minimum atomic E-state index is -0.323. The van der Waals surface area contributed by atoms with Gasteiger partial charge in [-0.2, -0.15) is 0 Å². The molecule has 21 heavy (non-hydrogen) atoms. The average Bonchev–Trinajstić information content (AvgIpc) is 2.50. The molecule has 1 unspecified atom stereocenters. The van der Waals surface area contributed by atoms with E-state index in [4.69, 9.17) is 15.2 Å². The van der Waals surface area contributed by atoms with Crippen LogP contribution in [0.1, 0.15) is 43.0 Å². The molecule has 3 N–H and O–H groups in total. The van der Waals surface area contributed by atoms with Gasteiger partial charge < -0.3 is 20.5 Å². The van der Waals surface area contributed by atoms with Crippen LogP contribution in [-0.2, 0) is 9.47 Å². The molecule has 0 bridgehead atoms. The predicted octanol–water partition coefficient (Wildman–Crippen LogP) is 2.82. The van der Waals surface area contributed by atoms with Crippen molar-refractivity contribution >= 4 is 17.3 Å². The molecule has 0 aromatic heterocycles. The van der Waals surface area contributed by atoms with Gasteiger partial charge >= 0.3 is 5.97 Å². The lowest BCUT2D eigenvalue weighted by molar-refractivity contribution is 0.0134. The number of anilines is 2. The number of hydrogen-bond acceptors (Lipinski definition) is 5. The van der Waals surface area contributed by atoms with Gasteiger partial charge in [-0.1, -0.05) is 0 Å². The first kappa shape index (κ1) is 15.6. The maximum atomic E-state index is 11.7. The lowest BCUT2D eigenvalue weighted by Gasteiger charge is -2.23. The lowest BCUT2D eigenvalue weighted by Crippen LogP contribution is -2.22. The Bertz CT molecular complexity index is 471. The zero-order valence-corrected chi connectivity index (χ0v) is 12.6. The molecule has 1 aliphatic heterocycles. The van der Waals surface area contributed by atoms with E-state index >= 15 is 0 Å². The minimum absolute atomic E-state index is 0.323. The van der Waals surface area contributed by atoms with Gasteiger partial charge in [-0.05, 0) is 50.8 Å². The van der Waals surface area contributed by atoms with Crippen molar-refractivity contribution in [3.63, 3.8) is 0 Å². The fraction of sp³-hybridized carbons (Fsp3) is 0.562. The van der Waals surface area contributed by atoms with Crippen LogP contribution in [0.3, 0.4) is 0 Å². The molecule has 1 heterocycles. The Hall–Kier alpha value is -1.75. The summed E-state index contributed by atoms with van der Waals surface area (Å²) in [6.45, 7) is 3.80. The Balaban J connectivity index is 1.89. The molecule has 1 fully saturated rings. The smallest absolute Gasteiger partial charge is 0.338 e. The number of ether oxygens (including phenoxy) is 2. The highest BCUT2D eigenvalue weighted by atomic mass is 16.5. The number of nitrogen functional groups attached to an aromatic ring is 1. The molecule has 2 rings (SSSR count). The van der Waals surface area contributed by atoms with E-state index in [0.29, 0.717) is 24.0 Å². The van der Waals surface area contributed by atoms with Crippen LogP contribution in [0.5, 0.6) is 0 Å². The maximum absolute atomic E-state index is 11.7. The quantitative estimate of drug-likeness (QED) is 0.623.